The lowest BCUT2D eigenvalue weighted by molar-refractivity contribution is -0.189. The van der Waals surface area contributed by atoms with Crippen molar-refractivity contribution in [2.45, 2.75) is 58.8 Å². The minimum atomic E-state index is -4.45. The van der Waals surface area contributed by atoms with Gasteiger partial charge >= 0.3 is 6.18 Å². The molecular weight excluding hydrogens is 560 g/mol. The van der Waals surface area contributed by atoms with Gasteiger partial charge in [0.25, 0.3) is 0 Å². The van der Waals surface area contributed by atoms with Crippen LogP contribution in [-0.4, -0.2) is 33.7 Å². The van der Waals surface area contributed by atoms with Gasteiger partial charge in [0, 0.05) is 41.3 Å². The third-order valence-corrected chi connectivity index (χ3v) is 7.38. The summed E-state index contributed by atoms with van der Waals surface area (Å²) in [7, 11) is 0. The molecule has 1 unspecified atom stereocenters. The predicted molar refractivity (Wildman–Crippen MR) is 156 cm³/mol. The molecule has 2 aromatic heterocycles. The third-order valence-electron chi connectivity index (χ3n) is 7.38. The molecule has 1 aliphatic carbocycles. The monoisotopic (exact) mass is 592 g/mol. The second-order valence-electron chi connectivity index (χ2n) is 12.1. The van der Waals surface area contributed by atoms with Crippen molar-refractivity contribution >= 4 is 22.3 Å². The van der Waals surface area contributed by atoms with Gasteiger partial charge in [-0.1, -0.05) is 32.8 Å². The Labute approximate surface area is 247 Å². The second kappa shape index (κ2) is 11.3. The first kappa shape index (κ1) is 29.9. The van der Waals surface area contributed by atoms with Crippen LogP contribution in [0.1, 0.15) is 62.0 Å². The molecule has 1 fully saturated rings. The Morgan fingerprint density at radius 1 is 1.19 bits per heavy atom. The standard InChI is InChI=1S/C31H32F4N8/c1-6-18-14-37-27-20(13-36)11-21(12-23(27)26(18)38-16-30(3,4)5)40-28(22-9-10-25(32)39-17(22)2)24-15-43(42-41-24)29(19-7-8-19)31(33,34)35/h1,9-12,14-15,19,28-29,40-42H,7-8,16H2,2-5H3,(H,37,38)/t28-,29?/m0/s1. The van der Waals surface area contributed by atoms with E-state index in [-0.39, 0.29) is 11.0 Å². The smallest absolute Gasteiger partial charge is 0.383 e. The molecule has 3 heterocycles. The summed E-state index contributed by atoms with van der Waals surface area (Å²) in [6, 6.07) is 5.81. The minimum Gasteiger partial charge on any atom is -0.383 e. The fourth-order valence-corrected chi connectivity index (χ4v) is 5.16. The summed E-state index contributed by atoms with van der Waals surface area (Å²) in [5.74, 6) is 1.46. The van der Waals surface area contributed by atoms with Crippen molar-refractivity contribution in [2.75, 3.05) is 17.2 Å². The number of fused-ring (bicyclic) bond motifs is 1. The highest BCUT2D eigenvalue weighted by atomic mass is 19.4. The van der Waals surface area contributed by atoms with Crippen LogP contribution in [0.3, 0.4) is 0 Å². The van der Waals surface area contributed by atoms with Gasteiger partial charge in [-0.3, -0.25) is 9.99 Å². The molecule has 12 heteroatoms. The van der Waals surface area contributed by atoms with Gasteiger partial charge in [-0.15, -0.1) is 12.0 Å². The summed E-state index contributed by atoms with van der Waals surface area (Å²) in [4.78, 5) is 8.39. The molecule has 2 atom stereocenters. The maximum absolute atomic E-state index is 14.0. The van der Waals surface area contributed by atoms with E-state index in [4.69, 9.17) is 6.42 Å². The molecule has 1 aliphatic heterocycles. The van der Waals surface area contributed by atoms with Gasteiger partial charge < -0.3 is 16.1 Å². The van der Waals surface area contributed by atoms with Gasteiger partial charge in [0.05, 0.1) is 34.1 Å². The summed E-state index contributed by atoms with van der Waals surface area (Å²) in [6.07, 6.45) is 5.24. The lowest BCUT2D eigenvalue weighted by atomic mass is 9.96. The number of hydrogen-bond donors (Lipinski definition) is 4. The van der Waals surface area contributed by atoms with Crippen molar-refractivity contribution < 1.29 is 17.6 Å². The van der Waals surface area contributed by atoms with Gasteiger partial charge in [0.15, 0.2) is 0 Å². The number of hydrazine groups is 2. The molecule has 0 spiro atoms. The SMILES string of the molecule is C#Cc1cnc2c(C#N)cc(N[C@H](C3=CN(C(C4CC4)C(F)(F)F)NN3)c3ccc(F)nc3C)cc2c1NCC(C)(C)C. The fourth-order valence-electron chi connectivity index (χ4n) is 5.16. The summed E-state index contributed by atoms with van der Waals surface area (Å²) >= 11 is 0. The Bertz CT molecular complexity index is 1660. The molecule has 3 aromatic rings. The fraction of sp³-hybridized carbons (Fsp3) is 0.387. The average Bonchev–Trinajstić information content (AvgIpc) is 3.64. The van der Waals surface area contributed by atoms with Gasteiger partial charge in [0.2, 0.25) is 5.95 Å². The number of anilines is 2. The molecule has 0 saturated heterocycles. The Morgan fingerprint density at radius 2 is 1.93 bits per heavy atom. The summed E-state index contributed by atoms with van der Waals surface area (Å²) in [5, 5.41) is 18.4. The molecular formula is C31H32F4N8. The van der Waals surface area contributed by atoms with Crippen LogP contribution in [0.5, 0.6) is 0 Å². The molecule has 43 heavy (non-hydrogen) atoms. The first-order chi connectivity index (χ1) is 20.3. The normalized spacial score (nSPS) is 16.6. The molecule has 0 amide bonds. The largest absolute Gasteiger partial charge is 0.410 e. The Balaban J connectivity index is 1.60. The Morgan fingerprint density at radius 3 is 2.53 bits per heavy atom. The van der Waals surface area contributed by atoms with Crippen LogP contribution in [0.25, 0.3) is 10.9 Å². The number of aryl methyl sites for hydroxylation is 1. The topological polar surface area (TPSA) is 101 Å². The molecule has 224 valence electrons. The molecule has 1 aromatic carbocycles. The molecule has 5 rings (SSSR count). The molecule has 8 nitrogen and oxygen atoms in total. The van der Waals surface area contributed by atoms with E-state index >= 15 is 0 Å². The summed E-state index contributed by atoms with van der Waals surface area (Å²) in [5.41, 5.74) is 9.02. The number of pyridine rings is 2. The molecule has 0 bridgehead atoms. The van der Waals surface area contributed by atoms with Crippen molar-refractivity contribution in [3.05, 3.63) is 70.7 Å². The van der Waals surface area contributed by atoms with Gasteiger partial charge in [-0.05, 0) is 49.3 Å². The van der Waals surface area contributed by atoms with E-state index in [1.165, 1.54) is 18.3 Å². The number of nitrogens with one attached hydrogen (secondary N) is 4. The second-order valence-corrected chi connectivity index (χ2v) is 12.1. The van der Waals surface area contributed by atoms with E-state index in [1.54, 1.807) is 25.3 Å². The Kier molecular flexibility index (Phi) is 7.84. The van der Waals surface area contributed by atoms with Gasteiger partial charge in [0.1, 0.15) is 12.1 Å². The number of nitrogens with zero attached hydrogens (tertiary/aromatic N) is 4. The van der Waals surface area contributed by atoms with Crippen LogP contribution < -0.4 is 21.6 Å². The summed E-state index contributed by atoms with van der Waals surface area (Å²) < 4.78 is 55.9. The minimum absolute atomic E-state index is 0.0815. The van der Waals surface area contributed by atoms with Crippen LogP contribution >= 0.6 is 0 Å². The molecule has 1 saturated carbocycles. The van der Waals surface area contributed by atoms with E-state index in [1.807, 2.05) is 0 Å². The van der Waals surface area contributed by atoms with E-state index < -0.39 is 30.1 Å². The van der Waals surface area contributed by atoms with E-state index in [0.717, 1.165) is 5.01 Å². The maximum atomic E-state index is 14.0. The van der Waals surface area contributed by atoms with Crippen molar-refractivity contribution in [3.63, 3.8) is 0 Å². The number of alkyl halides is 3. The highest BCUT2D eigenvalue weighted by Crippen LogP contribution is 2.44. The number of halogens is 4. The van der Waals surface area contributed by atoms with Gasteiger partial charge in [-0.25, -0.2) is 4.98 Å². The number of nitriles is 1. The number of aromatic nitrogens is 2. The predicted octanol–water partition coefficient (Wildman–Crippen LogP) is 6.05. The number of terminal acetylenes is 1. The lowest BCUT2D eigenvalue weighted by Crippen LogP contribution is -2.51. The van der Waals surface area contributed by atoms with Gasteiger partial charge in [-0.2, -0.15) is 22.8 Å². The van der Waals surface area contributed by atoms with Crippen LogP contribution in [-0.2, 0) is 0 Å². The molecule has 2 aliphatic rings. The lowest BCUT2D eigenvalue weighted by Gasteiger charge is -2.28. The summed E-state index contributed by atoms with van der Waals surface area (Å²) in [6.45, 7) is 8.42. The molecule has 4 N–H and O–H groups in total. The molecule has 0 radical (unpaired) electrons. The maximum Gasteiger partial charge on any atom is 0.410 e. The van der Waals surface area contributed by atoms with Crippen molar-refractivity contribution in [3.8, 4) is 18.4 Å². The zero-order chi connectivity index (χ0) is 31.1. The van der Waals surface area contributed by atoms with E-state index in [2.05, 4.69) is 64.3 Å². The van der Waals surface area contributed by atoms with Crippen LogP contribution in [0.4, 0.5) is 28.9 Å². The van der Waals surface area contributed by atoms with Crippen LogP contribution in [0.15, 0.2) is 42.4 Å². The zero-order valence-electron chi connectivity index (χ0n) is 24.2. The average molecular weight is 593 g/mol. The van der Waals surface area contributed by atoms with Crippen molar-refractivity contribution in [1.29, 1.82) is 5.26 Å². The van der Waals surface area contributed by atoms with Crippen LogP contribution in [0, 0.1) is 47.9 Å². The first-order valence-corrected chi connectivity index (χ1v) is 13.8. The Hall–Kier alpha value is -4.55. The van der Waals surface area contributed by atoms with Crippen LogP contribution in [0.2, 0.25) is 0 Å². The number of rotatable bonds is 8. The number of benzene rings is 1. The highest BCUT2D eigenvalue weighted by molar-refractivity contribution is 5.99. The third kappa shape index (κ3) is 6.45. The van der Waals surface area contributed by atoms with Crippen molar-refractivity contribution in [1.82, 2.24) is 25.9 Å². The highest BCUT2D eigenvalue weighted by Gasteiger charge is 2.53. The quantitative estimate of drug-likeness (QED) is 0.143. The number of hydrogen-bond acceptors (Lipinski definition) is 8. The van der Waals surface area contributed by atoms with Crippen molar-refractivity contribution in [2.24, 2.45) is 11.3 Å². The zero-order valence-corrected chi connectivity index (χ0v) is 24.2. The first-order valence-electron chi connectivity index (χ1n) is 13.8. The van der Waals surface area contributed by atoms with E-state index in [0.29, 0.717) is 64.2 Å². The van der Waals surface area contributed by atoms with E-state index in [9.17, 15) is 22.8 Å².